The van der Waals surface area contributed by atoms with Gasteiger partial charge in [0.25, 0.3) is 5.56 Å². The third-order valence-electron chi connectivity index (χ3n) is 7.70. The first-order chi connectivity index (χ1) is 17.2. The van der Waals surface area contributed by atoms with Crippen molar-refractivity contribution in [3.05, 3.63) is 61.1 Å². The van der Waals surface area contributed by atoms with Crippen LogP contribution in [-0.2, 0) is 34.7 Å². The second kappa shape index (κ2) is 8.08. The van der Waals surface area contributed by atoms with E-state index in [2.05, 4.69) is 5.32 Å². The van der Waals surface area contributed by atoms with Gasteiger partial charge in [0.2, 0.25) is 0 Å². The van der Waals surface area contributed by atoms with E-state index in [1.165, 1.54) is 6.07 Å². The number of hydrogen-bond donors (Lipinski definition) is 3. The van der Waals surface area contributed by atoms with Crippen molar-refractivity contribution in [3.8, 4) is 11.4 Å². The fourth-order valence-corrected chi connectivity index (χ4v) is 6.11. The Balaban J connectivity index is 1.64. The van der Waals surface area contributed by atoms with Gasteiger partial charge < -0.3 is 24.8 Å². The lowest BCUT2D eigenvalue weighted by atomic mass is 9.83. The number of aromatic nitrogens is 2. The van der Waals surface area contributed by atoms with Crippen LogP contribution in [0.5, 0.6) is 0 Å². The zero-order valence-corrected chi connectivity index (χ0v) is 20.6. The number of hydrogen-bond acceptors (Lipinski definition) is 7. The van der Waals surface area contributed by atoms with Crippen molar-refractivity contribution in [2.75, 3.05) is 6.54 Å². The number of ether oxygens (including phenoxy) is 1. The Kier molecular flexibility index (Phi) is 5.28. The van der Waals surface area contributed by atoms with Crippen LogP contribution in [0.3, 0.4) is 0 Å². The summed E-state index contributed by atoms with van der Waals surface area (Å²) in [6.45, 7) is 3.72. The summed E-state index contributed by atoms with van der Waals surface area (Å²) in [5, 5.41) is 25.2. The van der Waals surface area contributed by atoms with E-state index in [0.29, 0.717) is 41.9 Å². The van der Waals surface area contributed by atoms with E-state index in [9.17, 15) is 24.2 Å². The largest absolute Gasteiger partial charge is 0.458 e. The summed E-state index contributed by atoms with van der Waals surface area (Å²) < 4.78 is 21.5. The number of rotatable bonds is 4. The molecular formula is C26H25ClFN3O5. The number of esters is 1. The van der Waals surface area contributed by atoms with Gasteiger partial charge in [-0.25, -0.2) is 14.2 Å². The number of nitrogens with zero attached hydrogens (tertiary/aromatic N) is 2. The van der Waals surface area contributed by atoms with Gasteiger partial charge in [-0.15, -0.1) is 0 Å². The van der Waals surface area contributed by atoms with E-state index in [4.69, 9.17) is 21.3 Å². The van der Waals surface area contributed by atoms with Crippen LogP contribution in [0.4, 0.5) is 4.39 Å². The van der Waals surface area contributed by atoms with Crippen LogP contribution in [-0.4, -0.2) is 38.4 Å². The van der Waals surface area contributed by atoms with Crippen molar-refractivity contribution >= 4 is 28.5 Å². The Hall–Kier alpha value is -2.85. The number of carbonyl (C=O) groups excluding carboxylic acids is 1. The number of halogens is 2. The van der Waals surface area contributed by atoms with Crippen molar-refractivity contribution in [1.82, 2.24) is 14.9 Å². The van der Waals surface area contributed by atoms with Crippen molar-refractivity contribution in [3.63, 3.8) is 0 Å². The van der Waals surface area contributed by atoms with Gasteiger partial charge in [-0.2, -0.15) is 0 Å². The average Bonchev–Trinajstić information content (AvgIpc) is 3.22. The number of benzene rings is 1. The van der Waals surface area contributed by atoms with E-state index >= 15 is 0 Å². The summed E-state index contributed by atoms with van der Waals surface area (Å²) in [5.74, 6) is -1.35. The second-order valence-corrected chi connectivity index (χ2v) is 10.2. The summed E-state index contributed by atoms with van der Waals surface area (Å²) in [6, 6.07) is 2.79. The van der Waals surface area contributed by atoms with E-state index in [1.54, 1.807) is 24.5 Å². The van der Waals surface area contributed by atoms with Gasteiger partial charge in [0.15, 0.2) is 5.60 Å². The molecule has 0 fully saturated rings. The Morgan fingerprint density at radius 1 is 1.33 bits per heavy atom. The molecule has 1 aromatic carbocycles. The van der Waals surface area contributed by atoms with Crippen LogP contribution in [0.25, 0.3) is 22.3 Å². The van der Waals surface area contributed by atoms with Gasteiger partial charge >= 0.3 is 5.97 Å². The minimum atomic E-state index is -1.93. The molecule has 2 aromatic heterocycles. The maximum atomic E-state index is 14.8. The van der Waals surface area contributed by atoms with E-state index in [1.807, 2.05) is 0 Å². The molecule has 1 aliphatic carbocycles. The van der Waals surface area contributed by atoms with Crippen LogP contribution in [0, 0.1) is 5.82 Å². The minimum Gasteiger partial charge on any atom is -0.458 e. The van der Waals surface area contributed by atoms with Crippen LogP contribution in [0.1, 0.15) is 60.5 Å². The van der Waals surface area contributed by atoms with Crippen molar-refractivity contribution in [2.45, 2.75) is 64.0 Å². The fraction of sp³-hybridized carbons (Fsp3) is 0.423. The molecule has 36 heavy (non-hydrogen) atoms. The maximum Gasteiger partial charge on any atom is 0.343 e. The molecule has 0 bridgehead atoms. The summed E-state index contributed by atoms with van der Waals surface area (Å²) in [6.07, 6.45) is 0.657. The molecule has 3 aromatic rings. The first-order valence-corrected chi connectivity index (χ1v) is 12.5. The molecule has 6 rings (SSSR count). The van der Waals surface area contributed by atoms with Crippen LogP contribution in [0.2, 0.25) is 5.02 Å². The molecule has 0 radical (unpaired) electrons. The Labute approximate surface area is 210 Å². The number of carbonyl (C=O) groups is 1. The molecule has 10 heteroatoms. The highest BCUT2D eigenvalue weighted by molar-refractivity contribution is 6.32. The zero-order valence-electron chi connectivity index (χ0n) is 19.8. The second-order valence-electron chi connectivity index (χ2n) is 9.85. The lowest BCUT2D eigenvalue weighted by molar-refractivity contribution is -0.172. The molecule has 188 valence electrons. The number of aliphatic hydroxyl groups excluding tert-OH is 1. The smallest absolute Gasteiger partial charge is 0.343 e. The molecule has 0 spiro atoms. The number of nitrogens with one attached hydrogen (secondary N) is 1. The lowest BCUT2D eigenvalue weighted by Crippen LogP contribution is -2.44. The molecule has 4 heterocycles. The standard InChI is InChI=1S/C26H25ClFN3O5/c1-3-26(35)15-6-19-23-13(9-31(19)24(33)14(15)10-36-25(26)34)21-17(29-8-11(2)32)5-4-12-20(21)18(30-23)7-16(28)22(12)27/h6-7,11,17,29,32,35H,3-5,8-10H2,1-2H3/t11?,17-,26+/m1/s1. The topological polar surface area (TPSA) is 114 Å². The van der Waals surface area contributed by atoms with Crippen LogP contribution >= 0.6 is 11.6 Å². The predicted molar refractivity (Wildman–Crippen MR) is 130 cm³/mol. The predicted octanol–water partition coefficient (Wildman–Crippen LogP) is 2.83. The van der Waals surface area contributed by atoms with Gasteiger partial charge in [-0.3, -0.25) is 4.79 Å². The van der Waals surface area contributed by atoms with E-state index < -0.39 is 23.5 Å². The Morgan fingerprint density at radius 3 is 2.83 bits per heavy atom. The molecule has 8 nitrogen and oxygen atoms in total. The molecule has 1 unspecified atom stereocenters. The third-order valence-corrected chi connectivity index (χ3v) is 8.11. The molecular weight excluding hydrogens is 489 g/mol. The average molecular weight is 514 g/mol. The summed E-state index contributed by atoms with van der Waals surface area (Å²) in [4.78, 5) is 30.8. The summed E-state index contributed by atoms with van der Waals surface area (Å²) in [5.41, 5.74) is 1.97. The monoisotopic (exact) mass is 513 g/mol. The first kappa shape index (κ1) is 23.5. The Morgan fingerprint density at radius 2 is 2.11 bits per heavy atom. The quantitative estimate of drug-likeness (QED) is 0.360. The zero-order chi connectivity index (χ0) is 25.5. The number of pyridine rings is 2. The van der Waals surface area contributed by atoms with Gasteiger partial charge in [-0.1, -0.05) is 18.5 Å². The number of cyclic esters (lactones) is 1. The van der Waals surface area contributed by atoms with Crippen molar-refractivity contribution < 1.29 is 24.1 Å². The van der Waals surface area contributed by atoms with Gasteiger partial charge in [0.05, 0.1) is 40.1 Å². The van der Waals surface area contributed by atoms with Crippen LogP contribution < -0.4 is 10.9 Å². The minimum absolute atomic E-state index is 0.0450. The third kappa shape index (κ3) is 3.13. The molecule has 3 atom stereocenters. The molecule has 0 saturated carbocycles. The van der Waals surface area contributed by atoms with E-state index in [0.717, 1.165) is 16.5 Å². The number of aryl methyl sites for hydroxylation is 1. The van der Waals surface area contributed by atoms with Crippen molar-refractivity contribution in [1.29, 1.82) is 0 Å². The molecule has 0 saturated heterocycles. The van der Waals surface area contributed by atoms with Crippen molar-refractivity contribution in [2.24, 2.45) is 0 Å². The fourth-order valence-electron chi connectivity index (χ4n) is 5.87. The van der Waals surface area contributed by atoms with Gasteiger partial charge in [0.1, 0.15) is 12.4 Å². The van der Waals surface area contributed by atoms with Gasteiger partial charge in [-0.05, 0) is 43.4 Å². The highest BCUT2D eigenvalue weighted by Crippen LogP contribution is 2.46. The highest BCUT2D eigenvalue weighted by atomic mass is 35.5. The maximum absolute atomic E-state index is 14.8. The first-order valence-electron chi connectivity index (χ1n) is 12.1. The van der Waals surface area contributed by atoms with Crippen LogP contribution in [0.15, 0.2) is 16.9 Å². The molecule has 3 N–H and O–H groups in total. The summed E-state index contributed by atoms with van der Waals surface area (Å²) >= 11 is 6.37. The van der Waals surface area contributed by atoms with Gasteiger partial charge in [0, 0.05) is 35.2 Å². The molecule has 0 amide bonds. The number of aliphatic hydroxyl groups is 2. The highest BCUT2D eigenvalue weighted by Gasteiger charge is 2.46. The molecule has 3 aliphatic rings. The summed E-state index contributed by atoms with van der Waals surface area (Å²) in [7, 11) is 0. The Bertz CT molecular complexity index is 1530. The SMILES string of the molecule is CC[C@@]1(O)C(=O)OCc2c1cc1n(c2=O)Cc2c-1nc1cc(F)c(Cl)c3c1c2[C@H](NCC(C)O)CC3. The normalized spacial score (nSPS) is 22.7. The molecule has 2 aliphatic heterocycles. The number of fused-ring (bicyclic) bond motifs is 5. The van der Waals surface area contributed by atoms with E-state index in [-0.39, 0.29) is 47.3 Å². The lowest BCUT2D eigenvalue weighted by Gasteiger charge is -2.31.